The molecule has 0 aromatic heterocycles. The second kappa shape index (κ2) is 5.01. The van der Waals surface area contributed by atoms with Crippen molar-refractivity contribution in [3.05, 3.63) is 58.9 Å². The Balaban J connectivity index is 1.97. The van der Waals surface area contributed by atoms with Gasteiger partial charge in [-0.15, -0.1) is 0 Å². The fourth-order valence-corrected chi connectivity index (χ4v) is 2.27. The van der Waals surface area contributed by atoms with Crippen molar-refractivity contribution in [1.82, 2.24) is 0 Å². The summed E-state index contributed by atoms with van der Waals surface area (Å²) >= 11 is 0. The molecule has 1 heterocycles. The molecule has 5 heteroatoms. The lowest BCUT2D eigenvalue weighted by atomic mass is 9.97. The first-order valence-corrected chi connectivity index (χ1v) is 6.41. The van der Waals surface area contributed by atoms with Crippen LogP contribution in [0.5, 0.6) is 11.5 Å². The maximum absolute atomic E-state index is 13.7. The minimum absolute atomic E-state index is 0.111. The van der Waals surface area contributed by atoms with Gasteiger partial charge in [-0.25, -0.2) is 4.39 Å². The number of ether oxygens (including phenoxy) is 1. The average Bonchev–Trinajstić information content (AvgIpc) is 2.46. The molecule has 0 aliphatic carbocycles. The van der Waals surface area contributed by atoms with Gasteiger partial charge in [0.15, 0.2) is 5.78 Å². The van der Waals surface area contributed by atoms with Crippen molar-refractivity contribution in [1.29, 1.82) is 0 Å². The molecule has 0 saturated carbocycles. The molecule has 0 fully saturated rings. The molecule has 0 saturated heterocycles. The number of rotatable bonds is 2. The van der Waals surface area contributed by atoms with Crippen LogP contribution >= 0.6 is 0 Å². The molecule has 3 rings (SSSR count). The van der Waals surface area contributed by atoms with Crippen molar-refractivity contribution in [2.75, 3.05) is 0 Å². The van der Waals surface area contributed by atoms with Gasteiger partial charge in [-0.2, -0.15) is 0 Å². The number of phenolic OH excluding ortho intramolecular Hbond substituents is 1. The van der Waals surface area contributed by atoms with E-state index in [2.05, 4.69) is 0 Å². The molecule has 2 aromatic carbocycles. The lowest BCUT2D eigenvalue weighted by molar-refractivity contribution is -0.135. The van der Waals surface area contributed by atoms with Crippen molar-refractivity contribution in [3.63, 3.8) is 0 Å². The van der Waals surface area contributed by atoms with E-state index in [-0.39, 0.29) is 23.7 Å². The zero-order valence-corrected chi connectivity index (χ0v) is 10.9. The van der Waals surface area contributed by atoms with E-state index in [0.29, 0.717) is 17.7 Å². The molecule has 0 spiro atoms. The summed E-state index contributed by atoms with van der Waals surface area (Å²) in [6.45, 7) is 0. The monoisotopic (exact) mass is 286 g/mol. The zero-order valence-electron chi connectivity index (χ0n) is 10.9. The van der Waals surface area contributed by atoms with Crippen LogP contribution in [0.1, 0.15) is 27.9 Å². The first-order chi connectivity index (χ1) is 10.0. The highest BCUT2D eigenvalue weighted by Gasteiger charge is 2.20. The lowest BCUT2D eigenvalue weighted by Crippen LogP contribution is -2.16. The minimum atomic E-state index is -0.774. The van der Waals surface area contributed by atoms with Crippen molar-refractivity contribution in [2.24, 2.45) is 0 Å². The standard InChI is InChI=1S/C16H11FO4/c17-13-8-11(18)3-4-12(13)16(20)10-1-5-14-9(7-10)2-6-15(19)21-14/h1,3-5,7-8,18H,2,6H2. The lowest BCUT2D eigenvalue weighted by Gasteiger charge is -2.16. The van der Waals surface area contributed by atoms with Crippen molar-refractivity contribution < 1.29 is 23.8 Å². The van der Waals surface area contributed by atoms with Gasteiger partial charge in [0.1, 0.15) is 17.3 Å². The predicted molar refractivity (Wildman–Crippen MR) is 71.9 cm³/mol. The number of carbonyl (C=O) groups excluding carboxylic acids is 2. The van der Waals surface area contributed by atoms with Crippen molar-refractivity contribution >= 4 is 11.8 Å². The Morgan fingerprint density at radius 1 is 1.14 bits per heavy atom. The van der Waals surface area contributed by atoms with E-state index in [1.165, 1.54) is 24.3 Å². The second-order valence-corrected chi connectivity index (χ2v) is 4.79. The van der Waals surface area contributed by atoms with Crippen LogP contribution in [0.3, 0.4) is 0 Å². The first kappa shape index (κ1) is 13.3. The summed E-state index contributed by atoms with van der Waals surface area (Å²) in [5.41, 5.74) is 0.955. The SMILES string of the molecule is O=C1CCc2cc(C(=O)c3ccc(O)cc3F)ccc2O1. The van der Waals surface area contributed by atoms with Crippen LogP contribution in [-0.2, 0) is 11.2 Å². The van der Waals surface area contributed by atoms with Gasteiger partial charge in [-0.3, -0.25) is 9.59 Å². The second-order valence-electron chi connectivity index (χ2n) is 4.79. The van der Waals surface area contributed by atoms with Crippen LogP contribution < -0.4 is 4.74 Å². The smallest absolute Gasteiger partial charge is 0.311 e. The third kappa shape index (κ3) is 2.50. The van der Waals surface area contributed by atoms with Crippen molar-refractivity contribution in [3.8, 4) is 11.5 Å². The summed E-state index contributed by atoms with van der Waals surface area (Å²) in [5, 5.41) is 9.17. The number of esters is 1. The van der Waals surface area contributed by atoms with Crippen LogP contribution in [-0.4, -0.2) is 16.9 Å². The Hall–Kier alpha value is -2.69. The molecular formula is C16H11FO4. The highest BCUT2D eigenvalue weighted by molar-refractivity contribution is 6.09. The number of benzene rings is 2. The molecule has 0 unspecified atom stereocenters. The van der Waals surface area contributed by atoms with Crippen molar-refractivity contribution in [2.45, 2.75) is 12.8 Å². The molecule has 2 aromatic rings. The van der Waals surface area contributed by atoms with Gasteiger partial charge in [-0.1, -0.05) is 0 Å². The first-order valence-electron chi connectivity index (χ1n) is 6.41. The normalized spacial score (nSPS) is 13.5. The molecule has 0 radical (unpaired) electrons. The van der Waals surface area contributed by atoms with Crippen LogP contribution in [0.2, 0.25) is 0 Å². The molecule has 0 bridgehead atoms. The molecule has 1 aliphatic rings. The predicted octanol–water partition coefficient (Wildman–Crippen LogP) is 2.61. The Labute approximate surface area is 119 Å². The molecule has 21 heavy (non-hydrogen) atoms. The van der Waals surface area contributed by atoms with E-state index in [4.69, 9.17) is 4.74 Å². The number of fused-ring (bicyclic) bond motifs is 1. The average molecular weight is 286 g/mol. The number of halogens is 1. The Kier molecular flexibility index (Phi) is 3.17. The zero-order chi connectivity index (χ0) is 15.0. The van der Waals surface area contributed by atoms with Gasteiger partial charge in [0.05, 0.1) is 12.0 Å². The molecule has 1 aliphatic heterocycles. The van der Waals surface area contributed by atoms with E-state index in [1.54, 1.807) is 6.07 Å². The Morgan fingerprint density at radius 2 is 1.95 bits per heavy atom. The fourth-order valence-electron chi connectivity index (χ4n) is 2.27. The highest BCUT2D eigenvalue weighted by atomic mass is 19.1. The molecule has 0 atom stereocenters. The van der Waals surface area contributed by atoms with Crippen LogP contribution in [0.25, 0.3) is 0 Å². The van der Waals surface area contributed by atoms with Gasteiger partial charge in [0, 0.05) is 11.6 Å². The Bertz CT molecular complexity index is 752. The third-order valence-electron chi connectivity index (χ3n) is 3.34. The van der Waals surface area contributed by atoms with Gasteiger partial charge >= 0.3 is 5.97 Å². The van der Waals surface area contributed by atoms with Gasteiger partial charge in [0.25, 0.3) is 0 Å². The third-order valence-corrected chi connectivity index (χ3v) is 3.34. The van der Waals surface area contributed by atoms with E-state index < -0.39 is 11.6 Å². The number of ketones is 1. The number of carbonyl (C=O) groups is 2. The summed E-state index contributed by atoms with van der Waals surface area (Å²) in [7, 11) is 0. The van der Waals surface area contributed by atoms with Crippen LogP contribution in [0.4, 0.5) is 4.39 Å². The summed E-state index contributed by atoms with van der Waals surface area (Å²) in [6.07, 6.45) is 0.756. The summed E-state index contributed by atoms with van der Waals surface area (Å²) in [5.74, 6) is -1.35. The molecule has 1 N–H and O–H groups in total. The van der Waals surface area contributed by atoms with Crippen LogP contribution in [0, 0.1) is 5.82 Å². The van der Waals surface area contributed by atoms with E-state index in [9.17, 15) is 19.1 Å². The number of hydrogen-bond donors (Lipinski definition) is 1. The largest absolute Gasteiger partial charge is 0.508 e. The molecular weight excluding hydrogens is 275 g/mol. The van der Waals surface area contributed by atoms with Crippen LogP contribution in [0.15, 0.2) is 36.4 Å². The van der Waals surface area contributed by atoms with E-state index in [0.717, 1.165) is 11.6 Å². The minimum Gasteiger partial charge on any atom is -0.508 e. The molecule has 106 valence electrons. The van der Waals surface area contributed by atoms with Gasteiger partial charge < -0.3 is 9.84 Å². The van der Waals surface area contributed by atoms with E-state index in [1.807, 2.05) is 0 Å². The molecule has 4 nitrogen and oxygen atoms in total. The summed E-state index contributed by atoms with van der Waals surface area (Å²) in [6, 6.07) is 8.04. The maximum Gasteiger partial charge on any atom is 0.311 e. The van der Waals surface area contributed by atoms with Gasteiger partial charge in [-0.05, 0) is 42.3 Å². The number of aromatic hydroxyl groups is 1. The fraction of sp³-hybridized carbons (Fsp3) is 0.125. The highest BCUT2D eigenvalue weighted by Crippen LogP contribution is 2.27. The summed E-state index contributed by atoms with van der Waals surface area (Å²) < 4.78 is 18.8. The van der Waals surface area contributed by atoms with Gasteiger partial charge in [0.2, 0.25) is 0 Å². The quantitative estimate of drug-likeness (QED) is 0.523. The number of aryl methyl sites for hydroxylation is 1. The number of hydrogen-bond acceptors (Lipinski definition) is 4. The Morgan fingerprint density at radius 3 is 2.71 bits per heavy atom. The number of phenols is 1. The topological polar surface area (TPSA) is 63.6 Å². The van der Waals surface area contributed by atoms with E-state index >= 15 is 0 Å². The maximum atomic E-state index is 13.7. The molecule has 0 amide bonds. The summed E-state index contributed by atoms with van der Waals surface area (Å²) in [4.78, 5) is 23.5.